The Labute approximate surface area is 180 Å². The Balaban J connectivity index is 1.39. The number of nitrogens with one attached hydrogen (secondary N) is 2. The van der Waals surface area contributed by atoms with Crippen LogP contribution in [0.3, 0.4) is 0 Å². The number of aromatic nitrogens is 1. The number of halogens is 1. The Morgan fingerprint density at radius 2 is 2.13 bits per heavy atom. The Morgan fingerprint density at radius 1 is 1.30 bits per heavy atom. The first-order chi connectivity index (χ1) is 14.4. The molecule has 1 aromatic heterocycles. The van der Waals surface area contributed by atoms with Crippen LogP contribution >= 0.6 is 11.6 Å². The molecule has 1 atom stereocenters. The fourth-order valence-corrected chi connectivity index (χ4v) is 4.10. The van der Waals surface area contributed by atoms with Crippen molar-refractivity contribution in [2.75, 3.05) is 25.5 Å². The molecule has 1 aliphatic heterocycles. The van der Waals surface area contributed by atoms with Crippen LogP contribution in [0.5, 0.6) is 5.75 Å². The number of anilines is 1. The number of rotatable bonds is 6. The van der Waals surface area contributed by atoms with Crippen LogP contribution in [0.15, 0.2) is 42.6 Å². The quantitative estimate of drug-likeness (QED) is 0.622. The van der Waals surface area contributed by atoms with Gasteiger partial charge in [0.25, 0.3) is 0 Å². The van der Waals surface area contributed by atoms with E-state index in [-0.39, 0.29) is 18.2 Å². The maximum Gasteiger partial charge on any atom is 0.229 e. The van der Waals surface area contributed by atoms with Crippen LogP contribution in [0.4, 0.5) is 5.69 Å². The number of carbonyl (C=O) groups excluding carboxylic acids is 2. The lowest BCUT2D eigenvalue weighted by Gasteiger charge is -2.17. The van der Waals surface area contributed by atoms with Gasteiger partial charge in [0.1, 0.15) is 5.75 Å². The van der Waals surface area contributed by atoms with E-state index in [4.69, 9.17) is 16.3 Å². The molecule has 1 fully saturated rings. The molecule has 7 heteroatoms. The molecule has 0 aliphatic carbocycles. The van der Waals surface area contributed by atoms with Crippen LogP contribution in [0.25, 0.3) is 10.9 Å². The molecule has 1 saturated heterocycles. The second kappa shape index (κ2) is 8.40. The van der Waals surface area contributed by atoms with Gasteiger partial charge in [0.05, 0.1) is 18.7 Å². The fourth-order valence-electron chi connectivity index (χ4n) is 3.93. The third kappa shape index (κ3) is 4.14. The van der Waals surface area contributed by atoms with Gasteiger partial charge in [0.2, 0.25) is 11.8 Å². The number of aryl methyl sites for hydroxylation is 1. The van der Waals surface area contributed by atoms with E-state index in [1.54, 1.807) is 23.1 Å². The summed E-state index contributed by atoms with van der Waals surface area (Å²) in [5.74, 6) is -0.0617. The van der Waals surface area contributed by atoms with Crippen molar-refractivity contribution in [3.05, 3.63) is 58.7 Å². The summed E-state index contributed by atoms with van der Waals surface area (Å²) in [5.41, 5.74) is 3.98. The third-order valence-corrected chi connectivity index (χ3v) is 5.81. The minimum Gasteiger partial charge on any atom is -0.495 e. The number of H-pyrrole nitrogens is 1. The molecule has 2 aromatic carbocycles. The molecule has 2 heterocycles. The summed E-state index contributed by atoms with van der Waals surface area (Å²) in [6.45, 7) is 3.07. The first-order valence-electron chi connectivity index (χ1n) is 9.93. The molecule has 156 valence electrons. The van der Waals surface area contributed by atoms with Gasteiger partial charge in [-0.3, -0.25) is 9.59 Å². The highest BCUT2D eigenvalue weighted by atomic mass is 35.5. The van der Waals surface area contributed by atoms with Crippen molar-refractivity contribution < 1.29 is 14.3 Å². The van der Waals surface area contributed by atoms with Crippen molar-refractivity contribution in [1.82, 2.24) is 9.88 Å². The lowest BCUT2D eigenvalue weighted by molar-refractivity contribution is -0.128. The van der Waals surface area contributed by atoms with Crippen molar-refractivity contribution in [3.63, 3.8) is 0 Å². The SMILES string of the molecule is COc1ccc(Cl)cc1NC(=O)[C@H]1CC(=O)N(CCc2c[nH]c3ccc(C)cc23)C1. The van der Waals surface area contributed by atoms with Gasteiger partial charge >= 0.3 is 0 Å². The highest BCUT2D eigenvalue weighted by Gasteiger charge is 2.34. The molecule has 0 saturated carbocycles. The van der Waals surface area contributed by atoms with E-state index < -0.39 is 5.92 Å². The molecule has 0 unspecified atom stereocenters. The number of hydrogen-bond donors (Lipinski definition) is 2. The normalized spacial score (nSPS) is 16.3. The van der Waals surface area contributed by atoms with Crippen LogP contribution < -0.4 is 10.1 Å². The van der Waals surface area contributed by atoms with Gasteiger partial charge in [0, 0.05) is 41.6 Å². The van der Waals surface area contributed by atoms with Crippen LogP contribution in [0.2, 0.25) is 5.02 Å². The highest BCUT2D eigenvalue weighted by molar-refractivity contribution is 6.31. The number of nitrogens with zero attached hydrogens (tertiary/aromatic N) is 1. The third-order valence-electron chi connectivity index (χ3n) is 5.58. The number of methoxy groups -OCH3 is 1. The summed E-state index contributed by atoms with van der Waals surface area (Å²) in [6, 6.07) is 11.3. The van der Waals surface area contributed by atoms with Crippen molar-refractivity contribution in [1.29, 1.82) is 0 Å². The zero-order valence-electron chi connectivity index (χ0n) is 17.0. The molecule has 0 spiro atoms. The molecule has 0 radical (unpaired) electrons. The Morgan fingerprint density at radius 3 is 2.93 bits per heavy atom. The molecule has 30 heavy (non-hydrogen) atoms. The van der Waals surface area contributed by atoms with E-state index in [2.05, 4.69) is 35.4 Å². The molecule has 6 nitrogen and oxygen atoms in total. The predicted molar refractivity (Wildman–Crippen MR) is 118 cm³/mol. The first-order valence-corrected chi connectivity index (χ1v) is 10.3. The van der Waals surface area contributed by atoms with Crippen LogP contribution in [0.1, 0.15) is 17.5 Å². The van der Waals surface area contributed by atoms with E-state index in [1.807, 2.05) is 6.20 Å². The van der Waals surface area contributed by atoms with Gasteiger partial charge in [-0.25, -0.2) is 0 Å². The number of fused-ring (bicyclic) bond motifs is 1. The van der Waals surface area contributed by atoms with Crippen molar-refractivity contribution in [2.24, 2.45) is 5.92 Å². The summed E-state index contributed by atoms with van der Waals surface area (Å²) in [4.78, 5) is 30.3. The smallest absolute Gasteiger partial charge is 0.229 e. The molecule has 4 rings (SSSR count). The topological polar surface area (TPSA) is 74.4 Å². The second-order valence-corrected chi connectivity index (χ2v) is 8.12. The summed E-state index contributed by atoms with van der Waals surface area (Å²) < 4.78 is 5.28. The molecular weight excluding hydrogens is 402 g/mol. The minimum atomic E-state index is -0.397. The predicted octanol–water partition coefficient (Wildman–Crippen LogP) is 4.17. The maximum atomic E-state index is 12.7. The number of carbonyl (C=O) groups is 2. The molecular formula is C23H24ClN3O3. The van der Waals surface area contributed by atoms with Crippen molar-refractivity contribution in [3.8, 4) is 5.75 Å². The van der Waals surface area contributed by atoms with Crippen LogP contribution in [0, 0.1) is 12.8 Å². The van der Waals surface area contributed by atoms with Gasteiger partial charge < -0.3 is 19.9 Å². The Bertz CT molecular complexity index is 1110. The number of ether oxygens (including phenoxy) is 1. The number of hydrogen-bond acceptors (Lipinski definition) is 3. The molecule has 2 amide bonds. The van der Waals surface area contributed by atoms with E-state index in [1.165, 1.54) is 23.6 Å². The standard InChI is InChI=1S/C23H24ClN3O3/c1-14-3-5-19-18(9-14)15(12-25-19)7-8-27-13-16(10-22(27)28)23(29)26-20-11-17(24)4-6-21(20)30-2/h3-6,9,11-12,16,25H,7-8,10,13H2,1-2H3,(H,26,29)/t16-/m0/s1. The van der Waals surface area contributed by atoms with Gasteiger partial charge in [0.15, 0.2) is 0 Å². The van der Waals surface area contributed by atoms with E-state index >= 15 is 0 Å². The highest BCUT2D eigenvalue weighted by Crippen LogP contribution is 2.29. The number of benzene rings is 2. The fraction of sp³-hybridized carbons (Fsp3) is 0.304. The van der Waals surface area contributed by atoms with Gasteiger partial charge in [-0.15, -0.1) is 0 Å². The van der Waals surface area contributed by atoms with Gasteiger partial charge in [-0.05, 0) is 49.2 Å². The van der Waals surface area contributed by atoms with Gasteiger partial charge in [-0.1, -0.05) is 23.2 Å². The van der Waals surface area contributed by atoms with Gasteiger partial charge in [-0.2, -0.15) is 0 Å². The summed E-state index contributed by atoms with van der Waals surface area (Å²) in [7, 11) is 1.53. The first kappa shape index (κ1) is 20.3. The van der Waals surface area contributed by atoms with E-state index in [0.29, 0.717) is 29.5 Å². The van der Waals surface area contributed by atoms with Crippen molar-refractivity contribution >= 4 is 40.0 Å². The monoisotopic (exact) mass is 425 g/mol. The molecule has 1 aliphatic rings. The molecule has 2 N–H and O–H groups in total. The zero-order chi connectivity index (χ0) is 21.3. The zero-order valence-corrected chi connectivity index (χ0v) is 17.8. The second-order valence-electron chi connectivity index (χ2n) is 7.69. The largest absolute Gasteiger partial charge is 0.495 e. The van der Waals surface area contributed by atoms with Crippen LogP contribution in [-0.4, -0.2) is 41.9 Å². The Hall–Kier alpha value is -2.99. The lowest BCUT2D eigenvalue weighted by atomic mass is 10.1. The van der Waals surface area contributed by atoms with E-state index in [9.17, 15) is 9.59 Å². The summed E-state index contributed by atoms with van der Waals surface area (Å²) >= 11 is 6.03. The molecule has 3 aromatic rings. The number of likely N-dealkylation sites (tertiary alicyclic amines) is 1. The average molecular weight is 426 g/mol. The van der Waals surface area contributed by atoms with Crippen LogP contribution in [-0.2, 0) is 16.0 Å². The number of aromatic amines is 1. The summed E-state index contributed by atoms with van der Waals surface area (Å²) in [6.07, 6.45) is 2.95. The minimum absolute atomic E-state index is 0.00392. The number of amides is 2. The average Bonchev–Trinajstić information content (AvgIpc) is 3.29. The molecule has 0 bridgehead atoms. The maximum absolute atomic E-state index is 12.7. The van der Waals surface area contributed by atoms with Crippen molar-refractivity contribution in [2.45, 2.75) is 19.8 Å². The van der Waals surface area contributed by atoms with E-state index in [0.717, 1.165) is 11.9 Å². The Kier molecular flexibility index (Phi) is 5.68. The lowest BCUT2D eigenvalue weighted by Crippen LogP contribution is -2.30. The summed E-state index contributed by atoms with van der Waals surface area (Å²) in [5, 5.41) is 4.54.